The summed E-state index contributed by atoms with van der Waals surface area (Å²) in [6.45, 7) is 11.2. The van der Waals surface area contributed by atoms with Gasteiger partial charge in [-0.05, 0) is 71.7 Å². The maximum absolute atomic E-state index is 12.9. The Balaban J connectivity index is 1.49. The molecule has 0 spiro atoms. The van der Waals surface area contributed by atoms with E-state index in [1.54, 1.807) is 0 Å². The second kappa shape index (κ2) is 9.15. The van der Waals surface area contributed by atoms with Crippen LogP contribution in [0.4, 0.5) is 4.79 Å². The number of piperidine rings is 1. The van der Waals surface area contributed by atoms with Crippen molar-refractivity contribution in [2.45, 2.75) is 65.0 Å². The van der Waals surface area contributed by atoms with Gasteiger partial charge in [-0.25, -0.2) is 9.78 Å². The second-order valence-corrected chi connectivity index (χ2v) is 11.2. The molecule has 1 aromatic carbocycles. The molecule has 9 nitrogen and oxygen atoms in total. The molecule has 0 N–H and O–H groups in total. The predicted octanol–water partition coefficient (Wildman–Crippen LogP) is 5.80. The molecule has 3 aromatic heterocycles. The van der Waals surface area contributed by atoms with E-state index in [0.29, 0.717) is 19.7 Å². The Labute approximate surface area is 221 Å². The van der Waals surface area contributed by atoms with E-state index in [4.69, 9.17) is 19.0 Å². The van der Waals surface area contributed by atoms with Crippen molar-refractivity contribution in [3.05, 3.63) is 59.5 Å². The van der Waals surface area contributed by atoms with Gasteiger partial charge in [-0.15, -0.1) is 0 Å². The van der Waals surface area contributed by atoms with Crippen LogP contribution in [0, 0.1) is 13.8 Å². The quantitative estimate of drug-likeness (QED) is 0.340. The number of nitrogens with zero attached hydrogens (tertiary/aromatic N) is 5. The highest BCUT2D eigenvalue weighted by Crippen LogP contribution is 2.46. The standard InChI is InChI=1S/C29H33N5O4/c1-17-24(18(2)38-32-17)20-11-12-22-25-26(20)36-16-23(21-10-6-7-13-30-21)34(25)27(31-22)19-9-8-14-33(15-19)28(35)37-29(3,4)5/h6-7,10-13,19,23H,8-9,14-16H2,1-5H3. The van der Waals surface area contributed by atoms with Crippen molar-refractivity contribution in [2.75, 3.05) is 19.7 Å². The first-order valence-corrected chi connectivity index (χ1v) is 13.2. The zero-order valence-electron chi connectivity index (χ0n) is 22.5. The summed E-state index contributed by atoms with van der Waals surface area (Å²) < 4.78 is 20.0. The average molecular weight is 516 g/mol. The summed E-state index contributed by atoms with van der Waals surface area (Å²) >= 11 is 0. The van der Waals surface area contributed by atoms with Crippen molar-refractivity contribution in [2.24, 2.45) is 0 Å². The fraction of sp³-hybridized carbons (Fsp3) is 0.448. The van der Waals surface area contributed by atoms with Gasteiger partial charge in [0.25, 0.3) is 0 Å². The fourth-order valence-corrected chi connectivity index (χ4v) is 5.70. The van der Waals surface area contributed by atoms with Crippen molar-refractivity contribution in [3.8, 4) is 16.9 Å². The maximum Gasteiger partial charge on any atom is 0.410 e. The summed E-state index contributed by atoms with van der Waals surface area (Å²) in [7, 11) is 0. The fourth-order valence-electron chi connectivity index (χ4n) is 5.70. The summed E-state index contributed by atoms with van der Waals surface area (Å²) in [6.07, 6.45) is 3.35. The minimum atomic E-state index is -0.539. The van der Waals surface area contributed by atoms with E-state index in [0.717, 1.165) is 63.7 Å². The van der Waals surface area contributed by atoms with Gasteiger partial charge >= 0.3 is 6.09 Å². The predicted molar refractivity (Wildman–Crippen MR) is 142 cm³/mol. The van der Waals surface area contributed by atoms with E-state index < -0.39 is 5.60 Å². The molecule has 4 aromatic rings. The molecule has 198 valence electrons. The van der Waals surface area contributed by atoms with Crippen LogP contribution in [-0.2, 0) is 4.74 Å². The zero-order valence-corrected chi connectivity index (χ0v) is 22.5. The van der Waals surface area contributed by atoms with Crippen LogP contribution in [0.15, 0.2) is 41.1 Å². The topological polar surface area (TPSA) is 95.5 Å². The highest BCUT2D eigenvalue weighted by atomic mass is 16.6. The van der Waals surface area contributed by atoms with E-state index in [1.165, 1.54) is 0 Å². The molecule has 1 saturated heterocycles. The molecule has 2 unspecified atom stereocenters. The van der Waals surface area contributed by atoms with Crippen LogP contribution in [0.5, 0.6) is 5.75 Å². The summed E-state index contributed by atoms with van der Waals surface area (Å²) in [4.78, 5) is 24.6. The molecule has 0 radical (unpaired) electrons. The maximum atomic E-state index is 12.9. The Morgan fingerprint density at radius 1 is 1.16 bits per heavy atom. The Morgan fingerprint density at radius 2 is 2.00 bits per heavy atom. The van der Waals surface area contributed by atoms with Gasteiger partial charge in [-0.3, -0.25) is 4.98 Å². The van der Waals surface area contributed by atoms with Gasteiger partial charge in [0, 0.05) is 30.8 Å². The molecule has 9 heteroatoms. The molecule has 38 heavy (non-hydrogen) atoms. The van der Waals surface area contributed by atoms with Crippen molar-refractivity contribution in [1.82, 2.24) is 24.6 Å². The minimum absolute atomic E-state index is 0.0587. The third-order valence-corrected chi connectivity index (χ3v) is 7.30. The van der Waals surface area contributed by atoms with E-state index in [-0.39, 0.29) is 18.1 Å². The molecule has 2 atom stereocenters. The van der Waals surface area contributed by atoms with Crippen LogP contribution >= 0.6 is 0 Å². The average Bonchev–Trinajstić information content (AvgIpc) is 3.45. The summed E-state index contributed by atoms with van der Waals surface area (Å²) in [5.41, 5.74) is 4.89. The van der Waals surface area contributed by atoms with Crippen LogP contribution in [0.1, 0.15) is 68.5 Å². The molecule has 5 heterocycles. The van der Waals surface area contributed by atoms with Crippen LogP contribution in [0.3, 0.4) is 0 Å². The molecule has 2 aliphatic rings. The number of amides is 1. The van der Waals surface area contributed by atoms with Gasteiger partial charge < -0.3 is 23.5 Å². The van der Waals surface area contributed by atoms with Gasteiger partial charge in [0.2, 0.25) is 0 Å². The van der Waals surface area contributed by atoms with E-state index >= 15 is 0 Å². The van der Waals surface area contributed by atoms with Crippen molar-refractivity contribution in [3.63, 3.8) is 0 Å². The number of imidazole rings is 1. The van der Waals surface area contributed by atoms with Crippen LogP contribution in [0.25, 0.3) is 22.2 Å². The van der Waals surface area contributed by atoms with E-state index in [1.807, 2.05) is 76.0 Å². The number of likely N-dealkylation sites (tertiary alicyclic amines) is 1. The summed E-state index contributed by atoms with van der Waals surface area (Å²) in [5, 5.41) is 4.17. The lowest BCUT2D eigenvalue weighted by atomic mass is 9.96. The Bertz CT molecular complexity index is 1480. The highest BCUT2D eigenvalue weighted by molar-refractivity contribution is 5.93. The minimum Gasteiger partial charge on any atom is -0.488 e. The summed E-state index contributed by atoms with van der Waals surface area (Å²) in [5.74, 6) is 2.54. The van der Waals surface area contributed by atoms with Crippen molar-refractivity contribution in [1.29, 1.82) is 0 Å². The second-order valence-electron chi connectivity index (χ2n) is 11.2. The van der Waals surface area contributed by atoms with Crippen LogP contribution in [0.2, 0.25) is 0 Å². The van der Waals surface area contributed by atoms with Crippen LogP contribution < -0.4 is 4.74 Å². The largest absolute Gasteiger partial charge is 0.488 e. The first kappa shape index (κ1) is 24.5. The normalized spacial score (nSPS) is 19.4. The lowest BCUT2D eigenvalue weighted by Crippen LogP contribution is -2.43. The molecule has 2 aliphatic heterocycles. The molecule has 0 saturated carbocycles. The van der Waals surface area contributed by atoms with Crippen LogP contribution in [-0.4, -0.2) is 56.0 Å². The molecule has 1 amide bonds. The highest BCUT2D eigenvalue weighted by Gasteiger charge is 2.36. The number of carbonyl (C=O) groups excluding carboxylic acids is 1. The monoisotopic (exact) mass is 515 g/mol. The molecule has 0 bridgehead atoms. The van der Waals surface area contributed by atoms with Gasteiger partial charge in [-0.2, -0.15) is 0 Å². The molecular formula is C29H33N5O4. The third kappa shape index (κ3) is 4.19. The van der Waals surface area contributed by atoms with Gasteiger partial charge in [0.1, 0.15) is 35.4 Å². The van der Waals surface area contributed by atoms with Crippen molar-refractivity contribution >= 4 is 17.1 Å². The molecular weight excluding hydrogens is 482 g/mol. The molecule has 0 aliphatic carbocycles. The van der Waals surface area contributed by atoms with Gasteiger partial charge in [0.05, 0.1) is 22.5 Å². The molecule has 6 rings (SSSR count). The van der Waals surface area contributed by atoms with E-state index in [9.17, 15) is 4.79 Å². The molecule has 1 fully saturated rings. The lowest BCUT2D eigenvalue weighted by Gasteiger charge is -2.35. The number of pyridine rings is 1. The number of aromatic nitrogens is 4. The number of aryl methyl sites for hydroxylation is 2. The SMILES string of the molecule is Cc1noc(C)c1-c1ccc2nc(C3CCCN(C(=O)OC(C)(C)C)C3)n3c2c1OCC3c1ccccn1. The number of ether oxygens (including phenoxy) is 2. The number of carbonyl (C=O) groups is 1. The number of hydrogen-bond donors (Lipinski definition) is 0. The Morgan fingerprint density at radius 3 is 2.71 bits per heavy atom. The van der Waals surface area contributed by atoms with E-state index in [2.05, 4.69) is 14.7 Å². The lowest BCUT2D eigenvalue weighted by molar-refractivity contribution is 0.0194. The number of hydrogen-bond acceptors (Lipinski definition) is 7. The first-order chi connectivity index (χ1) is 18.2. The zero-order chi connectivity index (χ0) is 26.6. The first-order valence-electron chi connectivity index (χ1n) is 13.2. The third-order valence-electron chi connectivity index (χ3n) is 7.30. The Hall–Kier alpha value is -3.88. The number of benzene rings is 1. The summed E-state index contributed by atoms with van der Waals surface area (Å²) in [6, 6.07) is 9.89. The van der Waals surface area contributed by atoms with Gasteiger partial charge in [-0.1, -0.05) is 11.2 Å². The van der Waals surface area contributed by atoms with Crippen molar-refractivity contribution < 1.29 is 18.8 Å². The van der Waals surface area contributed by atoms with Gasteiger partial charge in [0.15, 0.2) is 5.75 Å². The smallest absolute Gasteiger partial charge is 0.410 e. The number of rotatable bonds is 3. The Kier molecular flexibility index (Phi) is 5.89.